The Morgan fingerprint density at radius 3 is 2.22 bits per heavy atom. The van der Waals surface area contributed by atoms with Gasteiger partial charge in [0, 0.05) is 12.5 Å². The third-order valence-corrected chi connectivity index (χ3v) is 6.34. The van der Waals surface area contributed by atoms with Gasteiger partial charge in [-0.05, 0) is 49.4 Å². The SMILES string of the molecule is CC(C)(C)OC(=O)N1CCC2C1CON2C(=O)OCC1c2ccccc2-c2ccccc21. The Morgan fingerprint density at radius 2 is 1.59 bits per heavy atom. The Hall–Kier alpha value is -3.06. The number of fused-ring (bicyclic) bond motifs is 4. The molecule has 2 saturated heterocycles. The maximum atomic E-state index is 12.9. The summed E-state index contributed by atoms with van der Waals surface area (Å²) < 4.78 is 11.2. The molecule has 2 aliphatic heterocycles. The molecule has 3 aliphatic rings. The van der Waals surface area contributed by atoms with Crippen LogP contribution < -0.4 is 0 Å². The van der Waals surface area contributed by atoms with Gasteiger partial charge in [0.25, 0.3) is 0 Å². The summed E-state index contributed by atoms with van der Waals surface area (Å²) in [5.41, 5.74) is 4.13. The third-order valence-electron chi connectivity index (χ3n) is 6.34. The molecule has 168 valence electrons. The lowest BCUT2D eigenvalue weighted by Gasteiger charge is -2.27. The molecule has 2 fully saturated rings. The summed E-state index contributed by atoms with van der Waals surface area (Å²) in [7, 11) is 0. The van der Waals surface area contributed by atoms with Gasteiger partial charge in [0.2, 0.25) is 0 Å². The molecular formula is C25H28N2O5. The second kappa shape index (κ2) is 7.81. The van der Waals surface area contributed by atoms with Crippen molar-refractivity contribution >= 4 is 12.2 Å². The topological polar surface area (TPSA) is 68.3 Å². The Bertz CT molecular complexity index is 1000. The molecule has 1 aliphatic carbocycles. The fourth-order valence-corrected chi connectivity index (χ4v) is 4.96. The highest BCUT2D eigenvalue weighted by molar-refractivity contribution is 5.79. The van der Waals surface area contributed by atoms with Crippen molar-refractivity contribution in [1.29, 1.82) is 0 Å². The van der Waals surface area contributed by atoms with Crippen molar-refractivity contribution in [3.8, 4) is 11.1 Å². The van der Waals surface area contributed by atoms with Crippen LogP contribution in [-0.4, -0.2) is 59.6 Å². The minimum Gasteiger partial charge on any atom is -0.447 e. The zero-order valence-electron chi connectivity index (χ0n) is 18.6. The number of rotatable bonds is 2. The average Bonchev–Trinajstić information content (AvgIpc) is 3.43. The monoisotopic (exact) mass is 436 g/mol. The molecule has 0 saturated carbocycles. The standard InChI is InChI=1S/C25H28N2O5/c1-25(2,3)32-23(28)26-13-12-21-22(26)15-31-27(21)24(29)30-14-20-18-10-6-4-8-16(18)17-9-5-7-11-19(17)20/h4-11,20-22H,12-15H2,1-3H3. The van der Waals surface area contributed by atoms with Gasteiger partial charge in [0.05, 0.1) is 18.7 Å². The molecule has 2 unspecified atom stereocenters. The lowest BCUT2D eigenvalue weighted by atomic mass is 9.98. The number of carbonyl (C=O) groups is 2. The molecule has 0 spiro atoms. The number of likely N-dealkylation sites (tertiary alicyclic amines) is 1. The van der Waals surface area contributed by atoms with Crippen LogP contribution >= 0.6 is 0 Å². The molecular weight excluding hydrogens is 408 g/mol. The van der Waals surface area contributed by atoms with Crippen LogP contribution in [0.15, 0.2) is 48.5 Å². The van der Waals surface area contributed by atoms with Crippen LogP contribution in [0, 0.1) is 0 Å². The lowest BCUT2D eigenvalue weighted by molar-refractivity contribution is -0.112. The zero-order valence-corrected chi connectivity index (χ0v) is 18.6. The van der Waals surface area contributed by atoms with E-state index in [2.05, 4.69) is 24.3 Å². The Morgan fingerprint density at radius 1 is 0.969 bits per heavy atom. The normalized spacial score (nSPS) is 21.8. The van der Waals surface area contributed by atoms with Crippen molar-refractivity contribution in [2.75, 3.05) is 19.8 Å². The summed E-state index contributed by atoms with van der Waals surface area (Å²) in [6, 6.07) is 16.0. The minimum absolute atomic E-state index is 0.00779. The largest absolute Gasteiger partial charge is 0.447 e. The fraction of sp³-hybridized carbons (Fsp3) is 0.440. The van der Waals surface area contributed by atoms with E-state index < -0.39 is 11.7 Å². The van der Waals surface area contributed by atoms with E-state index >= 15 is 0 Å². The van der Waals surface area contributed by atoms with Crippen LogP contribution in [-0.2, 0) is 14.3 Å². The van der Waals surface area contributed by atoms with E-state index in [1.54, 1.807) is 4.90 Å². The van der Waals surface area contributed by atoms with Crippen molar-refractivity contribution < 1.29 is 23.9 Å². The quantitative estimate of drug-likeness (QED) is 0.690. The lowest BCUT2D eigenvalue weighted by Crippen LogP contribution is -2.44. The number of hydrogen-bond donors (Lipinski definition) is 0. The van der Waals surface area contributed by atoms with Gasteiger partial charge < -0.3 is 14.4 Å². The van der Waals surface area contributed by atoms with E-state index in [-0.39, 0.29) is 37.3 Å². The molecule has 0 radical (unpaired) electrons. The van der Waals surface area contributed by atoms with E-state index in [0.717, 1.165) is 0 Å². The van der Waals surface area contributed by atoms with Gasteiger partial charge >= 0.3 is 12.2 Å². The first-order chi connectivity index (χ1) is 15.3. The van der Waals surface area contributed by atoms with Crippen molar-refractivity contribution in [3.05, 3.63) is 59.7 Å². The second-order valence-electron chi connectivity index (χ2n) is 9.52. The third kappa shape index (κ3) is 3.60. The minimum atomic E-state index is -0.568. The first-order valence-corrected chi connectivity index (χ1v) is 11.1. The highest BCUT2D eigenvalue weighted by Crippen LogP contribution is 2.44. The van der Waals surface area contributed by atoms with Gasteiger partial charge in [-0.15, -0.1) is 0 Å². The average molecular weight is 437 g/mol. The summed E-state index contributed by atoms with van der Waals surface area (Å²) in [4.78, 5) is 32.8. The first-order valence-electron chi connectivity index (χ1n) is 11.1. The molecule has 32 heavy (non-hydrogen) atoms. The number of ether oxygens (including phenoxy) is 2. The second-order valence-corrected chi connectivity index (χ2v) is 9.52. The van der Waals surface area contributed by atoms with Crippen LogP contribution in [0.3, 0.4) is 0 Å². The number of hydrogen-bond acceptors (Lipinski definition) is 5. The number of benzene rings is 2. The molecule has 0 bridgehead atoms. The summed E-state index contributed by atoms with van der Waals surface area (Å²) >= 11 is 0. The van der Waals surface area contributed by atoms with Crippen LogP contribution in [0.4, 0.5) is 9.59 Å². The predicted molar refractivity (Wildman–Crippen MR) is 118 cm³/mol. The van der Waals surface area contributed by atoms with Gasteiger partial charge in [0.1, 0.15) is 12.2 Å². The zero-order chi connectivity index (χ0) is 22.5. The number of hydroxylamine groups is 2. The van der Waals surface area contributed by atoms with Gasteiger partial charge in [0.15, 0.2) is 0 Å². The first kappa shape index (κ1) is 20.8. The fourth-order valence-electron chi connectivity index (χ4n) is 4.96. The Kier molecular flexibility index (Phi) is 5.08. The van der Waals surface area contributed by atoms with Crippen molar-refractivity contribution in [2.24, 2.45) is 0 Å². The molecule has 0 aromatic heterocycles. The molecule has 5 rings (SSSR count). The molecule has 2 aromatic rings. The number of nitrogens with zero attached hydrogens (tertiary/aromatic N) is 2. The van der Waals surface area contributed by atoms with E-state index in [0.29, 0.717) is 13.0 Å². The molecule has 2 heterocycles. The van der Waals surface area contributed by atoms with Crippen LogP contribution in [0.2, 0.25) is 0 Å². The summed E-state index contributed by atoms with van der Waals surface area (Å²) in [5.74, 6) is -0.00779. The van der Waals surface area contributed by atoms with E-state index in [4.69, 9.17) is 14.3 Å². The van der Waals surface area contributed by atoms with Crippen LogP contribution in [0.5, 0.6) is 0 Å². The molecule has 0 N–H and O–H groups in total. The van der Waals surface area contributed by atoms with Gasteiger partial charge in [-0.1, -0.05) is 48.5 Å². The van der Waals surface area contributed by atoms with Crippen molar-refractivity contribution in [2.45, 2.75) is 50.8 Å². The summed E-state index contributed by atoms with van der Waals surface area (Å²) in [5, 5.41) is 1.31. The number of amides is 2. The van der Waals surface area contributed by atoms with Gasteiger partial charge in [-0.2, -0.15) is 5.06 Å². The predicted octanol–water partition coefficient (Wildman–Crippen LogP) is 4.56. The molecule has 2 aromatic carbocycles. The Balaban J connectivity index is 1.25. The van der Waals surface area contributed by atoms with E-state index in [1.807, 2.05) is 45.0 Å². The summed E-state index contributed by atoms with van der Waals surface area (Å²) in [6.45, 7) is 6.54. The van der Waals surface area contributed by atoms with Crippen LogP contribution in [0.1, 0.15) is 44.2 Å². The molecule has 2 amide bonds. The van der Waals surface area contributed by atoms with Crippen molar-refractivity contribution in [3.63, 3.8) is 0 Å². The van der Waals surface area contributed by atoms with Crippen molar-refractivity contribution in [1.82, 2.24) is 9.96 Å². The Labute approximate surface area is 187 Å². The van der Waals surface area contributed by atoms with E-state index in [1.165, 1.54) is 27.3 Å². The van der Waals surface area contributed by atoms with Gasteiger partial charge in [-0.25, -0.2) is 9.59 Å². The van der Waals surface area contributed by atoms with Crippen LogP contribution in [0.25, 0.3) is 11.1 Å². The highest BCUT2D eigenvalue weighted by Gasteiger charge is 2.49. The number of carbonyl (C=O) groups excluding carboxylic acids is 2. The maximum Gasteiger partial charge on any atom is 0.434 e. The highest BCUT2D eigenvalue weighted by atomic mass is 16.7. The van der Waals surface area contributed by atoms with E-state index in [9.17, 15) is 9.59 Å². The molecule has 2 atom stereocenters. The summed E-state index contributed by atoms with van der Waals surface area (Å²) in [6.07, 6.45) is -0.248. The molecule has 7 heteroatoms. The maximum absolute atomic E-state index is 12.9. The molecule has 7 nitrogen and oxygen atoms in total. The van der Waals surface area contributed by atoms with Gasteiger partial charge in [-0.3, -0.25) is 4.84 Å². The smallest absolute Gasteiger partial charge is 0.434 e.